The second-order valence-corrected chi connectivity index (χ2v) is 5.69. The molecule has 0 aliphatic carbocycles. The minimum Gasteiger partial charge on any atom is -0.396 e. The van der Waals surface area contributed by atoms with Crippen molar-refractivity contribution in [3.63, 3.8) is 0 Å². The number of anilines is 1. The number of rotatable bonds is 7. The van der Waals surface area contributed by atoms with Gasteiger partial charge in [-0.15, -0.1) is 0 Å². The van der Waals surface area contributed by atoms with Crippen molar-refractivity contribution in [2.24, 2.45) is 0 Å². The lowest BCUT2D eigenvalue weighted by Crippen LogP contribution is -2.15. The van der Waals surface area contributed by atoms with E-state index in [4.69, 9.17) is 5.11 Å². The van der Waals surface area contributed by atoms with Gasteiger partial charge in [0.1, 0.15) is 0 Å². The van der Waals surface area contributed by atoms with Gasteiger partial charge in [0.05, 0.1) is 17.8 Å². The lowest BCUT2D eigenvalue weighted by Gasteiger charge is -2.15. The van der Waals surface area contributed by atoms with Crippen molar-refractivity contribution in [1.29, 1.82) is 0 Å². The molecule has 124 valence electrons. The van der Waals surface area contributed by atoms with Crippen LogP contribution in [0.1, 0.15) is 54.3 Å². The van der Waals surface area contributed by atoms with Crippen LogP contribution in [0.15, 0.2) is 30.5 Å². The highest BCUT2D eigenvalue weighted by Crippen LogP contribution is 2.20. The molecule has 0 radical (unpaired) electrons. The Morgan fingerprint density at radius 1 is 1.35 bits per heavy atom. The van der Waals surface area contributed by atoms with Crippen molar-refractivity contribution in [2.45, 2.75) is 46.1 Å². The summed E-state index contributed by atoms with van der Waals surface area (Å²) in [6.07, 6.45) is 4.20. The number of amides is 1. The maximum absolute atomic E-state index is 12.5. The van der Waals surface area contributed by atoms with Gasteiger partial charge in [-0.05, 0) is 43.9 Å². The quantitative estimate of drug-likeness (QED) is 0.823. The number of carbonyl (C=O) groups excluding carboxylic acids is 1. The zero-order valence-corrected chi connectivity index (χ0v) is 14.0. The summed E-state index contributed by atoms with van der Waals surface area (Å²) in [5.74, 6) is -0.152. The minimum atomic E-state index is -0.152. The van der Waals surface area contributed by atoms with Gasteiger partial charge >= 0.3 is 0 Å². The first-order valence-corrected chi connectivity index (χ1v) is 8.15. The lowest BCUT2D eigenvalue weighted by atomic mass is 10.1. The molecule has 0 fully saturated rings. The van der Waals surface area contributed by atoms with Crippen LogP contribution >= 0.6 is 0 Å². The van der Waals surface area contributed by atoms with E-state index in [0.29, 0.717) is 18.0 Å². The molecule has 2 N–H and O–H groups in total. The molecule has 0 aliphatic rings. The SMILES string of the molecule is CCC(CC)n1ncc(C(=O)Nc2cccc(CCO)c2)c1C. The number of benzene rings is 1. The third kappa shape index (κ3) is 3.99. The van der Waals surface area contributed by atoms with Crippen LogP contribution < -0.4 is 5.32 Å². The van der Waals surface area contributed by atoms with Gasteiger partial charge in [-0.25, -0.2) is 0 Å². The van der Waals surface area contributed by atoms with Crippen LogP contribution in [0.4, 0.5) is 5.69 Å². The van der Waals surface area contributed by atoms with Gasteiger partial charge < -0.3 is 10.4 Å². The van der Waals surface area contributed by atoms with Crippen molar-refractivity contribution in [1.82, 2.24) is 9.78 Å². The normalized spacial score (nSPS) is 11.0. The Balaban J connectivity index is 2.17. The molecular formula is C18H25N3O2. The molecule has 1 aromatic heterocycles. The Bertz CT molecular complexity index is 660. The molecule has 0 bridgehead atoms. The number of aliphatic hydroxyl groups is 1. The highest BCUT2D eigenvalue weighted by molar-refractivity contribution is 6.04. The highest BCUT2D eigenvalue weighted by Gasteiger charge is 2.18. The van der Waals surface area contributed by atoms with Crippen LogP contribution in [-0.2, 0) is 6.42 Å². The number of hydrogen-bond acceptors (Lipinski definition) is 3. The van der Waals surface area contributed by atoms with E-state index in [1.54, 1.807) is 6.20 Å². The van der Waals surface area contributed by atoms with Crippen molar-refractivity contribution in [3.05, 3.63) is 47.3 Å². The van der Waals surface area contributed by atoms with Gasteiger partial charge in [-0.3, -0.25) is 9.48 Å². The first kappa shape index (κ1) is 17.2. The second-order valence-electron chi connectivity index (χ2n) is 5.69. The van der Waals surface area contributed by atoms with Gasteiger partial charge in [0.15, 0.2) is 0 Å². The molecule has 0 spiro atoms. The maximum Gasteiger partial charge on any atom is 0.259 e. The summed E-state index contributed by atoms with van der Waals surface area (Å²) in [6, 6.07) is 7.86. The van der Waals surface area contributed by atoms with Crippen molar-refractivity contribution >= 4 is 11.6 Å². The third-order valence-corrected chi connectivity index (χ3v) is 4.16. The van der Waals surface area contributed by atoms with Crippen LogP contribution in [0, 0.1) is 6.92 Å². The molecule has 23 heavy (non-hydrogen) atoms. The molecule has 1 aromatic carbocycles. The minimum absolute atomic E-state index is 0.0959. The molecule has 0 saturated heterocycles. The van der Waals surface area contributed by atoms with Gasteiger partial charge in [-0.1, -0.05) is 26.0 Å². The molecular weight excluding hydrogens is 290 g/mol. The molecule has 0 atom stereocenters. The lowest BCUT2D eigenvalue weighted by molar-refractivity contribution is 0.102. The van der Waals surface area contributed by atoms with E-state index in [1.807, 2.05) is 35.9 Å². The number of nitrogens with one attached hydrogen (secondary N) is 1. The molecule has 1 heterocycles. The predicted octanol–water partition coefficient (Wildman–Crippen LogP) is 3.34. The summed E-state index contributed by atoms with van der Waals surface area (Å²) in [5, 5.41) is 16.3. The summed E-state index contributed by atoms with van der Waals surface area (Å²) in [4.78, 5) is 12.5. The van der Waals surface area contributed by atoms with Crippen LogP contribution in [0.3, 0.4) is 0 Å². The largest absolute Gasteiger partial charge is 0.396 e. The molecule has 5 heteroatoms. The van der Waals surface area contributed by atoms with Crippen LogP contribution in [0.5, 0.6) is 0 Å². The fourth-order valence-corrected chi connectivity index (χ4v) is 2.78. The second kappa shape index (κ2) is 7.92. The zero-order chi connectivity index (χ0) is 16.8. The first-order valence-electron chi connectivity index (χ1n) is 8.15. The van der Waals surface area contributed by atoms with E-state index in [1.165, 1.54) is 0 Å². The molecule has 1 amide bonds. The molecule has 5 nitrogen and oxygen atoms in total. The Labute approximate surface area is 137 Å². The fourth-order valence-electron chi connectivity index (χ4n) is 2.78. The number of aromatic nitrogens is 2. The fraction of sp³-hybridized carbons (Fsp3) is 0.444. The van der Waals surface area contributed by atoms with Gasteiger partial charge in [0, 0.05) is 18.0 Å². The van der Waals surface area contributed by atoms with Crippen LogP contribution in [0.2, 0.25) is 0 Å². The predicted molar refractivity (Wildman–Crippen MR) is 91.8 cm³/mol. The number of hydrogen-bond donors (Lipinski definition) is 2. The van der Waals surface area contributed by atoms with Crippen molar-refractivity contribution in [3.8, 4) is 0 Å². The van der Waals surface area contributed by atoms with E-state index in [9.17, 15) is 4.79 Å². The van der Waals surface area contributed by atoms with E-state index in [2.05, 4.69) is 24.3 Å². The Kier molecular flexibility index (Phi) is 5.93. The molecule has 2 aromatic rings. The summed E-state index contributed by atoms with van der Waals surface area (Å²) >= 11 is 0. The molecule has 0 aliphatic heterocycles. The smallest absolute Gasteiger partial charge is 0.259 e. The van der Waals surface area contributed by atoms with Gasteiger partial charge in [0.25, 0.3) is 5.91 Å². The summed E-state index contributed by atoms with van der Waals surface area (Å²) in [5.41, 5.74) is 3.22. The topological polar surface area (TPSA) is 67.2 Å². The zero-order valence-electron chi connectivity index (χ0n) is 14.0. The van der Waals surface area contributed by atoms with Gasteiger partial charge in [-0.2, -0.15) is 5.10 Å². The molecule has 2 rings (SSSR count). The standard InChI is InChI=1S/C18H25N3O2/c1-4-16(5-2)21-13(3)17(12-19-21)18(23)20-15-8-6-7-14(11-15)9-10-22/h6-8,11-12,16,22H,4-5,9-10H2,1-3H3,(H,20,23). The van der Waals surface area contributed by atoms with E-state index >= 15 is 0 Å². The van der Waals surface area contributed by atoms with E-state index < -0.39 is 0 Å². The van der Waals surface area contributed by atoms with Crippen molar-refractivity contribution < 1.29 is 9.90 Å². The van der Waals surface area contributed by atoms with E-state index in [0.717, 1.165) is 29.8 Å². The Morgan fingerprint density at radius 3 is 2.74 bits per heavy atom. The van der Waals surface area contributed by atoms with Crippen LogP contribution in [0.25, 0.3) is 0 Å². The summed E-state index contributed by atoms with van der Waals surface area (Å²) < 4.78 is 1.94. The Hall–Kier alpha value is -2.14. The summed E-state index contributed by atoms with van der Waals surface area (Å²) in [6.45, 7) is 6.28. The van der Waals surface area contributed by atoms with Crippen LogP contribution in [-0.4, -0.2) is 27.4 Å². The number of aliphatic hydroxyl groups excluding tert-OH is 1. The number of nitrogens with zero attached hydrogens (tertiary/aromatic N) is 2. The average Bonchev–Trinajstić information content (AvgIpc) is 2.91. The monoisotopic (exact) mass is 315 g/mol. The van der Waals surface area contributed by atoms with Gasteiger partial charge in [0.2, 0.25) is 0 Å². The maximum atomic E-state index is 12.5. The third-order valence-electron chi connectivity index (χ3n) is 4.16. The van der Waals surface area contributed by atoms with E-state index in [-0.39, 0.29) is 12.5 Å². The Morgan fingerprint density at radius 2 is 2.09 bits per heavy atom. The number of carbonyl (C=O) groups is 1. The first-order chi connectivity index (χ1) is 11.1. The summed E-state index contributed by atoms with van der Waals surface area (Å²) in [7, 11) is 0. The highest BCUT2D eigenvalue weighted by atomic mass is 16.3. The molecule has 0 unspecified atom stereocenters. The van der Waals surface area contributed by atoms with Crippen molar-refractivity contribution in [2.75, 3.05) is 11.9 Å². The average molecular weight is 315 g/mol. The molecule has 0 saturated carbocycles.